The number of carbonyl (C=O) groups excluding carboxylic acids is 1. The van der Waals surface area contributed by atoms with Crippen LogP contribution < -0.4 is 26.8 Å². The summed E-state index contributed by atoms with van der Waals surface area (Å²) in [5.74, 6) is -0.381. The fraction of sp³-hybridized carbons (Fsp3) is 0.0690. The lowest BCUT2D eigenvalue weighted by Crippen LogP contribution is -2.38. The van der Waals surface area contributed by atoms with E-state index in [0.717, 1.165) is 5.01 Å². The van der Waals surface area contributed by atoms with Gasteiger partial charge in [-0.3, -0.25) is 14.4 Å². The first-order chi connectivity index (χ1) is 19.6. The number of aromatic hydroxyl groups is 3. The van der Waals surface area contributed by atoms with E-state index in [9.17, 15) is 29.7 Å². The lowest BCUT2D eigenvalue weighted by molar-refractivity contribution is 0.0994. The number of carbonyl (C=O) groups is 1. The molecule has 2 aromatic carbocycles. The van der Waals surface area contributed by atoms with Crippen LogP contribution in [0, 0.1) is 13.8 Å². The van der Waals surface area contributed by atoms with E-state index in [2.05, 4.69) is 20.2 Å². The number of fused-ring (bicyclic) bond motifs is 2. The monoisotopic (exact) mass is 550 g/mol. The van der Waals surface area contributed by atoms with Gasteiger partial charge < -0.3 is 25.3 Å². The molecule has 0 unspecified atom stereocenters. The highest BCUT2D eigenvalue weighted by Crippen LogP contribution is 2.30. The van der Waals surface area contributed by atoms with Crippen LogP contribution in [-0.2, 0) is 0 Å². The zero-order chi connectivity index (χ0) is 29.0. The molecule has 204 valence electrons. The molecule has 0 fully saturated rings. The summed E-state index contributed by atoms with van der Waals surface area (Å²) in [4.78, 5) is 44.6. The maximum Gasteiger partial charge on any atom is 0.282 e. The van der Waals surface area contributed by atoms with Gasteiger partial charge in [0.25, 0.3) is 17.0 Å². The normalized spacial score (nSPS) is 13.4. The van der Waals surface area contributed by atoms with E-state index in [4.69, 9.17) is 0 Å². The summed E-state index contributed by atoms with van der Waals surface area (Å²) < 4.78 is 1.17. The number of hydrogen-bond acceptors (Lipinski definition) is 8. The maximum atomic E-state index is 13.2. The average Bonchev–Trinajstić information content (AvgIpc) is 3.44. The number of nitrogens with one attached hydrogen (secondary N) is 2. The second-order valence-electron chi connectivity index (χ2n) is 9.44. The Morgan fingerprint density at radius 3 is 2.10 bits per heavy atom. The van der Waals surface area contributed by atoms with Gasteiger partial charge in [-0.25, -0.2) is 0 Å². The number of phenolic OH excluding ortho intramolecular Hbond substituents is 2. The molecule has 3 aliphatic rings. The zero-order valence-electron chi connectivity index (χ0n) is 21.7. The number of benzene rings is 2. The second kappa shape index (κ2) is 9.38. The summed E-state index contributed by atoms with van der Waals surface area (Å²) in [6, 6.07) is 11.9. The Morgan fingerprint density at radius 2 is 1.44 bits per heavy atom. The minimum absolute atomic E-state index is 0.0434. The van der Waals surface area contributed by atoms with Gasteiger partial charge >= 0.3 is 0 Å². The molecule has 3 aromatic rings. The van der Waals surface area contributed by atoms with E-state index < -0.39 is 17.0 Å². The minimum Gasteiger partial charge on any atom is -0.508 e. The van der Waals surface area contributed by atoms with Crippen LogP contribution in [0.25, 0.3) is 29.2 Å². The van der Waals surface area contributed by atoms with Crippen molar-refractivity contribution >= 4 is 23.7 Å². The number of amides is 1. The minimum atomic E-state index is -0.463. The predicted molar refractivity (Wildman–Crippen MR) is 150 cm³/mol. The predicted octanol–water partition coefficient (Wildman–Crippen LogP) is 1.78. The molecular formula is C29H22N6O6. The van der Waals surface area contributed by atoms with Crippen LogP contribution in [0.1, 0.15) is 27.0 Å². The Labute approximate surface area is 230 Å². The van der Waals surface area contributed by atoms with Crippen molar-refractivity contribution in [3.63, 3.8) is 0 Å². The third kappa shape index (κ3) is 4.14. The van der Waals surface area contributed by atoms with Crippen molar-refractivity contribution in [2.24, 2.45) is 5.10 Å². The highest BCUT2D eigenvalue weighted by atomic mass is 16.3. The van der Waals surface area contributed by atoms with Crippen molar-refractivity contribution in [2.75, 3.05) is 5.01 Å². The van der Waals surface area contributed by atoms with Crippen LogP contribution in [0.3, 0.4) is 0 Å². The fourth-order valence-corrected chi connectivity index (χ4v) is 4.81. The highest BCUT2D eigenvalue weighted by molar-refractivity contribution is 6.08. The van der Waals surface area contributed by atoms with Crippen LogP contribution >= 0.6 is 0 Å². The van der Waals surface area contributed by atoms with Gasteiger partial charge in [-0.2, -0.15) is 9.69 Å². The number of hydrogen-bond donors (Lipinski definition) is 5. The third-order valence-electron chi connectivity index (χ3n) is 6.93. The quantitative estimate of drug-likeness (QED) is 0.226. The van der Waals surface area contributed by atoms with Crippen LogP contribution in [0.4, 0.5) is 5.69 Å². The van der Waals surface area contributed by atoms with E-state index in [1.54, 1.807) is 32.1 Å². The number of H-pyrrole nitrogens is 2. The Balaban J connectivity index is 1.38. The van der Waals surface area contributed by atoms with Crippen molar-refractivity contribution in [1.82, 2.24) is 19.7 Å². The van der Waals surface area contributed by atoms with Crippen molar-refractivity contribution in [3.05, 3.63) is 108 Å². The van der Waals surface area contributed by atoms with Gasteiger partial charge in [0.05, 0.1) is 22.5 Å². The molecule has 0 spiro atoms. The molecule has 0 radical (unpaired) electrons. The number of anilines is 1. The van der Waals surface area contributed by atoms with Crippen molar-refractivity contribution < 1.29 is 20.1 Å². The largest absolute Gasteiger partial charge is 0.508 e. The number of allylic oxidation sites excluding steroid dienone is 1. The average molecular weight is 551 g/mol. The molecular weight excluding hydrogens is 528 g/mol. The fourth-order valence-electron chi connectivity index (χ4n) is 4.81. The number of aromatic nitrogens is 4. The summed E-state index contributed by atoms with van der Waals surface area (Å²) in [6.07, 6.45) is 4.58. The van der Waals surface area contributed by atoms with E-state index in [-0.39, 0.29) is 45.0 Å². The molecule has 5 N–H and O–H groups in total. The molecule has 12 heteroatoms. The summed E-state index contributed by atoms with van der Waals surface area (Å²) in [5, 5.41) is 39.6. The summed E-state index contributed by atoms with van der Waals surface area (Å²) in [5.41, 5.74) is 1.84. The van der Waals surface area contributed by atoms with Crippen LogP contribution in [0.5, 0.6) is 17.4 Å². The van der Waals surface area contributed by atoms with Gasteiger partial charge in [0.15, 0.2) is 17.2 Å². The van der Waals surface area contributed by atoms with Crippen molar-refractivity contribution in [1.29, 1.82) is 0 Å². The highest BCUT2D eigenvalue weighted by Gasteiger charge is 2.28. The molecule has 41 heavy (non-hydrogen) atoms. The van der Waals surface area contributed by atoms with Gasteiger partial charge in [0.1, 0.15) is 11.5 Å². The van der Waals surface area contributed by atoms with Crippen molar-refractivity contribution in [3.8, 4) is 34.5 Å². The Morgan fingerprint density at radius 1 is 0.805 bits per heavy atom. The Hall–Kier alpha value is -5.91. The topological polar surface area (TPSA) is 177 Å². The molecule has 0 atom stereocenters. The van der Waals surface area contributed by atoms with E-state index in [1.165, 1.54) is 53.2 Å². The smallest absolute Gasteiger partial charge is 0.282 e. The first-order valence-corrected chi connectivity index (χ1v) is 12.4. The SMILES string of the molecule is Cc1c(/C=C/C=c2/c(C)c3c([nH]c2=O)=NN(c2ccc(O)cc2)C3=O)c(O)[nH]c2nn(-c3ccc(O)cc3)c(=O)c1-2. The van der Waals surface area contributed by atoms with E-state index in [1.807, 2.05) is 0 Å². The standard InChI is InChI=1S/C29H22N6O6/c1-14-20(26(38)30-24-22(14)28(40)34(32-24)16-6-10-18(36)11-7-16)4-3-5-21-15(2)23-25(31-27(21)39)33-35(29(23)41)17-8-12-19(37)13-9-17/h3-13,36-37H,1-2H3,(H,30,32,38)(H2,31,33,39)/b5-3+,20-4-. The molecule has 0 aliphatic carbocycles. The van der Waals surface area contributed by atoms with Gasteiger partial charge in [-0.1, -0.05) is 6.08 Å². The molecule has 0 saturated carbocycles. The lowest BCUT2D eigenvalue weighted by Gasteiger charge is -2.11. The van der Waals surface area contributed by atoms with Crippen LogP contribution in [0.15, 0.2) is 69.3 Å². The Kier molecular flexibility index (Phi) is 5.80. The number of rotatable bonds is 4. The molecule has 1 amide bonds. The van der Waals surface area contributed by atoms with Crippen LogP contribution in [0.2, 0.25) is 0 Å². The number of aromatic amines is 2. The number of phenols is 2. The number of pyridine rings is 2. The molecule has 4 heterocycles. The Bertz CT molecular complexity index is 2100. The van der Waals surface area contributed by atoms with Gasteiger partial charge in [-0.05, 0) is 85.7 Å². The summed E-state index contributed by atoms with van der Waals surface area (Å²) >= 11 is 0. The second-order valence-corrected chi connectivity index (χ2v) is 9.44. The summed E-state index contributed by atoms with van der Waals surface area (Å²) in [7, 11) is 0. The molecule has 0 bridgehead atoms. The van der Waals surface area contributed by atoms with E-state index >= 15 is 0 Å². The van der Waals surface area contributed by atoms with Gasteiger partial charge in [0.2, 0.25) is 0 Å². The van der Waals surface area contributed by atoms with Crippen molar-refractivity contribution in [2.45, 2.75) is 13.8 Å². The molecule has 12 nitrogen and oxygen atoms in total. The van der Waals surface area contributed by atoms with Crippen LogP contribution in [-0.4, -0.2) is 41.0 Å². The molecule has 1 aromatic heterocycles. The number of nitrogens with zero attached hydrogens (tertiary/aromatic N) is 4. The third-order valence-corrected chi connectivity index (χ3v) is 6.93. The molecule has 0 saturated heterocycles. The van der Waals surface area contributed by atoms with Gasteiger partial charge in [0, 0.05) is 10.8 Å². The van der Waals surface area contributed by atoms with E-state index in [0.29, 0.717) is 28.1 Å². The first kappa shape index (κ1) is 25.4. The lowest BCUT2D eigenvalue weighted by atomic mass is 10.0. The molecule has 3 aliphatic heterocycles. The van der Waals surface area contributed by atoms with Gasteiger partial charge in [-0.15, -0.1) is 10.2 Å². The molecule has 6 rings (SSSR count). The summed E-state index contributed by atoms with van der Waals surface area (Å²) in [6.45, 7) is 3.32. The maximum absolute atomic E-state index is 13.2. The first-order valence-electron chi connectivity index (χ1n) is 12.4. The zero-order valence-corrected chi connectivity index (χ0v) is 21.7.